The van der Waals surface area contributed by atoms with E-state index in [-0.39, 0.29) is 13.2 Å². The van der Waals surface area contributed by atoms with Crippen LogP contribution >= 0.6 is 0 Å². The molecule has 0 spiro atoms. The number of nitriles is 1. The van der Waals surface area contributed by atoms with Gasteiger partial charge in [0.25, 0.3) is 0 Å². The second kappa shape index (κ2) is 4.75. The van der Waals surface area contributed by atoms with Gasteiger partial charge in [-0.1, -0.05) is 0 Å². The number of hydrogen-bond acceptors (Lipinski definition) is 4. The third-order valence-corrected chi connectivity index (χ3v) is 2.69. The quantitative estimate of drug-likeness (QED) is 0.847. The van der Waals surface area contributed by atoms with Gasteiger partial charge in [-0.25, -0.2) is 4.79 Å². The number of carboxylic acids is 1. The SMILES string of the molecule is N#Cc1ccc(N2CC(C(=O)O)COC2=O)cc1. The van der Waals surface area contributed by atoms with E-state index in [1.807, 2.05) is 6.07 Å². The van der Waals surface area contributed by atoms with Gasteiger partial charge in [0.15, 0.2) is 0 Å². The molecule has 1 atom stereocenters. The number of carboxylic acid groups (broad SMARTS) is 1. The van der Waals surface area contributed by atoms with E-state index in [1.54, 1.807) is 24.3 Å². The van der Waals surface area contributed by atoms with Crippen molar-refractivity contribution in [2.75, 3.05) is 18.1 Å². The molecule has 0 radical (unpaired) electrons. The van der Waals surface area contributed by atoms with Crippen LogP contribution in [0.15, 0.2) is 24.3 Å². The van der Waals surface area contributed by atoms with E-state index in [9.17, 15) is 9.59 Å². The van der Waals surface area contributed by atoms with Crippen molar-refractivity contribution in [3.63, 3.8) is 0 Å². The van der Waals surface area contributed by atoms with Crippen LogP contribution in [0.1, 0.15) is 5.56 Å². The summed E-state index contributed by atoms with van der Waals surface area (Å²) >= 11 is 0. The first-order valence-corrected chi connectivity index (χ1v) is 5.29. The molecule has 1 amide bonds. The average Bonchev–Trinajstić information content (AvgIpc) is 2.39. The largest absolute Gasteiger partial charge is 0.481 e. The van der Waals surface area contributed by atoms with Crippen molar-refractivity contribution >= 4 is 17.7 Å². The van der Waals surface area contributed by atoms with Crippen molar-refractivity contribution in [3.8, 4) is 6.07 Å². The van der Waals surface area contributed by atoms with Crippen LogP contribution in [0.4, 0.5) is 10.5 Å². The molecule has 1 aromatic rings. The molecule has 1 aromatic carbocycles. The van der Waals surface area contributed by atoms with E-state index in [0.29, 0.717) is 11.3 Å². The van der Waals surface area contributed by atoms with Crippen LogP contribution in [0.25, 0.3) is 0 Å². The maximum absolute atomic E-state index is 11.6. The van der Waals surface area contributed by atoms with E-state index >= 15 is 0 Å². The normalized spacial score (nSPS) is 18.9. The minimum atomic E-state index is -0.999. The monoisotopic (exact) mass is 246 g/mol. The zero-order chi connectivity index (χ0) is 13.1. The number of nitrogens with zero attached hydrogens (tertiary/aromatic N) is 2. The molecule has 0 bridgehead atoms. The Morgan fingerprint density at radius 1 is 1.44 bits per heavy atom. The predicted octanol–water partition coefficient (Wildman–Crippen LogP) is 1.22. The van der Waals surface area contributed by atoms with Crippen molar-refractivity contribution < 1.29 is 19.4 Å². The summed E-state index contributed by atoms with van der Waals surface area (Å²) < 4.78 is 4.82. The molecule has 0 aromatic heterocycles. The Kier molecular flexibility index (Phi) is 3.15. The van der Waals surface area contributed by atoms with E-state index in [0.717, 1.165) is 0 Å². The Hall–Kier alpha value is -2.55. The lowest BCUT2D eigenvalue weighted by Gasteiger charge is -2.30. The van der Waals surface area contributed by atoms with Crippen LogP contribution in [-0.4, -0.2) is 30.3 Å². The van der Waals surface area contributed by atoms with Crippen LogP contribution < -0.4 is 4.90 Å². The lowest BCUT2D eigenvalue weighted by atomic mass is 10.1. The smallest absolute Gasteiger partial charge is 0.414 e. The second-order valence-electron chi connectivity index (χ2n) is 3.88. The first-order chi connectivity index (χ1) is 8.61. The van der Waals surface area contributed by atoms with Gasteiger partial charge in [-0.3, -0.25) is 9.69 Å². The second-order valence-corrected chi connectivity index (χ2v) is 3.88. The number of carbonyl (C=O) groups is 2. The summed E-state index contributed by atoms with van der Waals surface area (Å²) in [5.74, 6) is -1.74. The number of rotatable bonds is 2. The summed E-state index contributed by atoms with van der Waals surface area (Å²) in [6, 6.07) is 8.27. The molecule has 1 unspecified atom stereocenters. The fourth-order valence-corrected chi connectivity index (χ4v) is 1.67. The summed E-state index contributed by atoms with van der Waals surface area (Å²) in [5.41, 5.74) is 0.990. The summed E-state index contributed by atoms with van der Waals surface area (Å²) in [5, 5.41) is 17.6. The molecule has 1 saturated heterocycles. The summed E-state index contributed by atoms with van der Waals surface area (Å²) in [4.78, 5) is 23.7. The first-order valence-electron chi connectivity index (χ1n) is 5.29. The molecule has 6 nitrogen and oxygen atoms in total. The van der Waals surface area contributed by atoms with E-state index in [2.05, 4.69) is 0 Å². The van der Waals surface area contributed by atoms with Crippen molar-refractivity contribution in [3.05, 3.63) is 29.8 Å². The van der Waals surface area contributed by atoms with Gasteiger partial charge in [-0.2, -0.15) is 5.26 Å². The summed E-state index contributed by atoms with van der Waals surface area (Å²) in [6.45, 7) is -0.0407. The van der Waals surface area contributed by atoms with E-state index < -0.39 is 18.0 Å². The number of benzene rings is 1. The average molecular weight is 246 g/mol. The predicted molar refractivity (Wildman–Crippen MR) is 61.0 cm³/mol. The topological polar surface area (TPSA) is 90.6 Å². The van der Waals surface area contributed by atoms with Gasteiger partial charge in [-0.15, -0.1) is 0 Å². The molecule has 1 aliphatic heterocycles. The van der Waals surface area contributed by atoms with E-state index in [4.69, 9.17) is 15.1 Å². The van der Waals surface area contributed by atoms with Crippen LogP contribution in [0.2, 0.25) is 0 Å². The molecule has 1 aliphatic rings. The van der Waals surface area contributed by atoms with Gasteiger partial charge in [-0.05, 0) is 24.3 Å². The Balaban J connectivity index is 2.21. The molecule has 1 heterocycles. The van der Waals surface area contributed by atoms with Crippen molar-refractivity contribution in [1.82, 2.24) is 0 Å². The summed E-state index contributed by atoms with van der Waals surface area (Å²) in [7, 11) is 0. The van der Waals surface area contributed by atoms with Crippen LogP contribution in [0.3, 0.4) is 0 Å². The molecular weight excluding hydrogens is 236 g/mol. The minimum Gasteiger partial charge on any atom is -0.481 e. The third-order valence-electron chi connectivity index (χ3n) is 2.69. The van der Waals surface area contributed by atoms with E-state index in [1.165, 1.54) is 4.90 Å². The molecule has 1 fully saturated rings. The highest BCUT2D eigenvalue weighted by atomic mass is 16.6. The van der Waals surface area contributed by atoms with Gasteiger partial charge < -0.3 is 9.84 Å². The highest BCUT2D eigenvalue weighted by molar-refractivity contribution is 5.90. The Labute approximate surface area is 103 Å². The van der Waals surface area contributed by atoms with Crippen LogP contribution in [0, 0.1) is 17.2 Å². The number of anilines is 1. The molecule has 92 valence electrons. The van der Waals surface area contributed by atoms with Crippen LogP contribution in [-0.2, 0) is 9.53 Å². The Morgan fingerprint density at radius 2 is 2.11 bits per heavy atom. The first kappa shape index (κ1) is 11.9. The van der Waals surface area contributed by atoms with Crippen LogP contribution in [0.5, 0.6) is 0 Å². The molecule has 1 N–H and O–H groups in total. The maximum atomic E-state index is 11.6. The highest BCUT2D eigenvalue weighted by Gasteiger charge is 2.32. The number of carbonyl (C=O) groups excluding carboxylic acids is 1. The number of ether oxygens (including phenoxy) is 1. The molecule has 6 heteroatoms. The molecule has 18 heavy (non-hydrogen) atoms. The fourth-order valence-electron chi connectivity index (χ4n) is 1.67. The Morgan fingerprint density at radius 3 is 2.67 bits per heavy atom. The maximum Gasteiger partial charge on any atom is 0.414 e. The summed E-state index contributed by atoms with van der Waals surface area (Å²) in [6.07, 6.45) is -0.572. The lowest BCUT2D eigenvalue weighted by Crippen LogP contribution is -2.45. The van der Waals surface area contributed by atoms with Gasteiger partial charge in [0.05, 0.1) is 11.6 Å². The highest BCUT2D eigenvalue weighted by Crippen LogP contribution is 2.21. The van der Waals surface area contributed by atoms with Crippen molar-refractivity contribution in [1.29, 1.82) is 5.26 Å². The standard InChI is InChI=1S/C12H10N2O4/c13-5-8-1-3-10(4-2-8)14-6-9(11(15)16)7-18-12(14)17/h1-4,9H,6-7H2,(H,15,16). The zero-order valence-electron chi connectivity index (χ0n) is 9.37. The number of amides is 1. The van der Waals surface area contributed by atoms with Crippen molar-refractivity contribution in [2.24, 2.45) is 5.92 Å². The van der Waals surface area contributed by atoms with Gasteiger partial charge in [0.2, 0.25) is 0 Å². The van der Waals surface area contributed by atoms with Gasteiger partial charge in [0.1, 0.15) is 12.5 Å². The lowest BCUT2D eigenvalue weighted by molar-refractivity contribution is -0.143. The van der Waals surface area contributed by atoms with Gasteiger partial charge >= 0.3 is 12.1 Å². The molecule has 0 saturated carbocycles. The molecule has 0 aliphatic carbocycles. The number of cyclic esters (lactones) is 1. The molecular formula is C12H10N2O4. The molecule has 2 rings (SSSR count). The minimum absolute atomic E-state index is 0.0695. The van der Waals surface area contributed by atoms with Crippen molar-refractivity contribution in [2.45, 2.75) is 0 Å². The Bertz CT molecular complexity index is 518. The fraction of sp³-hybridized carbons (Fsp3) is 0.250. The third kappa shape index (κ3) is 2.25. The number of hydrogen-bond donors (Lipinski definition) is 1. The van der Waals surface area contributed by atoms with Gasteiger partial charge in [0, 0.05) is 12.2 Å². The number of aliphatic carboxylic acids is 1. The zero-order valence-corrected chi connectivity index (χ0v) is 9.37.